The highest BCUT2D eigenvalue weighted by Crippen LogP contribution is 2.42. The highest BCUT2D eigenvalue weighted by molar-refractivity contribution is 6.97. The Morgan fingerprint density at radius 3 is 1.86 bits per heavy atom. The second-order valence-electron chi connectivity index (χ2n) is 9.90. The molecule has 28 heavy (non-hydrogen) atoms. The molecule has 0 aromatic carbocycles. The van der Waals surface area contributed by atoms with E-state index >= 15 is 0 Å². The molecule has 0 saturated carbocycles. The third-order valence-electron chi connectivity index (χ3n) is 5.82. The van der Waals surface area contributed by atoms with Gasteiger partial charge in [-0.1, -0.05) is 46.5 Å². The van der Waals surface area contributed by atoms with Gasteiger partial charge in [0.2, 0.25) is 0 Å². The van der Waals surface area contributed by atoms with Crippen LogP contribution in [0.5, 0.6) is 0 Å². The molecule has 6 nitrogen and oxygen atoms in total. The van der Waals surface area contributed by atoms with Crippen molar-refractivity contribution in [1.29, 1.82) is 0 Å². The van der Waals surface area contributed by atoms with E-state index in [4.69, 9.17) is 8.85 Å². The van der Waals surface area contributed by atoms with E-state index in [1.165, 1.54) is 6.92 Å². The van der Waals surface area contributed by atoms with Gasteiger partial charge in [-0.15, -0.1) is 0 Å². The molecule has 3 atom stereocenters. The first-order valence-electron chi connectivity index (χ1n) is 9.82. The third kappa shape index (κ3) is 6.46. The van der Waals surface area contributed by atoms with Crippen LogP contribution in [-0.4, -0.2) is 59.1 Å². The van der Waals surface area contributed by atoms with Crippen LogP contribution < -0.4 is 0 Å². The molecule has 0 fully saturated rings. The van der Waals surface area contributed by atoms with Gasteiger partial charge in [-0.25, -0.2) is 9.59 Å². The molecule has 0 aromatic heterocycles. The van der Waals surface area contributed by atoms with Gasteiger partial charge in [0.25, 0.3) is 0 Å². The summed E-state index contributed by atoms with van der Waals surface area (Å²) in [6, 6.07) is 0. The molecule has 0 amide bonds. The predicted octanol–water partition coefficient (Wildman–Crippen LogP) is 3.83. The Morgan fingerprint density at radius 1 is 1.07 bits per heavy atom. The lowest BCUT2D eigenvalue weighted by Crippen LogP contribution is -2.61. The Bertz CT molecular complexity index is 597. The zero-order valence-corrected chi connectivity index (χ0v) is 22.3. The second kappa shape index (κ2) is 9.48. The molecule has 9 heteroatoms. The second-order valence-corrected chi connectivity index (χ2v) is 24.9. The molecule has 0 aliphatic carbocycles. The van der Waals surface area contributed by atoms with E-state index < -0.39 is 54.4 Å². The molecule has 0 heterocycles. The number of carbonyl (C=O) groups is 2. The summed E-state index contributed by atoms with van der Waals surface area (Å²) in [5.41, 5.74) is -2.77. The molecule has 0 aromatic rings. The van der Waals surface area contributed by atoms with Gasteiger partial charge in [-0.05, 0) is 38.3 Å². The first-order valence-corrected chi connectivity index (χ1v) is 19.4. The van der Waals surface area contributed by atoms with Crippen molar-refractivity contribution in [2.75, 3.05) is 6.61 Å². The highest BCUT2D eigenvalue weighted by Gasteiger charge is 2.55. The van der Waals surface area contributed by atoms with Crippen molar-refractivity contribution in [2.24, 2.45) is 0 Å². The minimum absolute atomic E-state index is 0.0481. The lowest BCUT2D eigenvalue weighted by Gasteiger charge is -2.47. The molecule has 0 spiro atoms. The predicted molar refractivity (Wildman–Crippen MR) is 121 cm³/mol. The minimum atomic E-state index is -2.67. The topological polar surface area (TPSA) is 93.1 Å². The lowest BCUT2D eigenvalue weighted by atomic mass is 9.98. The average molecular weight is 449 g/mol. The number of aliphatic hydroxyl groups excluding tert-OH is 1. The summed E-state index contributed by atoms with van der Waals surface area (Å²) in [5.74, 6) is -2.05. The van der Waals surface area contributed by atoms with Crippen LogP contribution in [0.4, 0.5) is 0 Å². The Labute approximate surface area is 173 Å². The molecule has 164 valence electrons. The molecular formula is C19H40O6Si3. The van der Waals surface area contributed by atoms with E-state index in [1.807, 2.05) is 20.0 Å². The average Bonchev–Trinajstić information content (AvgIpc) is 2.51. The quantitative estimate of drug-likeness (QED) is 0.228. The number of ether oxygens (including phenoxy) is 1. The van der Waals surface area contributed by atoms with Crippen LogP contribution in [-0.2, 0) is 18.4 Å². The minimum Gasteiger partial charge on any atom is -0.455 e. The first-order chi connectivity index (χ1) is 12.4. The maximum Gasteiger partial charge on any atom is 0.348 e. The third-order valence-corrected chi connectivity index (χ3v) is 22.0. The molecular weight excluding hydrogens is 408 g/mol. The zero-order valence-electron chi connectivity index (χ0n) is 19.3. The molecule has 0 aliphatic heterocycles. The standard InChI is InChI=1S/C19H40O6Si3/c1-12-16(19(23,13-20)18(22)24-17(21)14(2)3)28(10,11)25-27(8,9)15(4)26(5,6)7/h15-16,20,23H,2,12-13H2,1,3-11H3. The maximum atomic E-state index is 12.6. The van der Waals surface area contributed by atoms with E-state index in [0.29, 0.717) is 11.6 Å². The van der Waals surface area contributed by atoms with Crippen molar-refractivity contribution in [2.45, 2.75) is 89.3 Å². The first kappa shape index (κ1) is 27.4. The van der Waals surface area contributed by atoms with Gasteiger partial charge in [-0.3, -0.25) is 0 Å². The van der Waals surface area contributed by atoms with E-state index in [-0.39, 0.29) is 5.57 Å². The summed E-state index contributed by atoms with van der Waals surface area (Å²) in [6.45, 7) is 23.3. The lowest BCUT2D eigenvalue weighted by molar-refractivity contribution is -0.176. The number of esters is 2. The Hall–Kier alpha value is -0.589. The van der Waals surface area contributed by atoms with Gasteiger partial charge in [0, 0.05) is 19.2 Å². The van der Waals surface area contributed by atoms with Gasteiger partial charge >= 0.3 is 11.9 Å². The SMILES string of the molecule is C=C(C)C(=O)OC(=O)C(O)(CO)C(CC)[Si](C)(C)O[Si](C)(C)C(C)[Si](C)(C)C. The monoisotopic (exact) mass is 448 g/mol. The van der Waals surface area contributed by atoms with Crippen molar-refractivity contribution in [3.05, 3.63) is 12.2 Å². The molecule has 3 unspecified atom stereocenters. The fraction of sp³-hybridized carbons (Fsp3) is 0.789. The van der Waals surface area contributed by atoms with E-state index in [1.54, 1.807) is 0 Å². The highest BCUT2D eigenvalue weighted by atomic mass is 28.4. The Kier molecular flexibility index (Phi) is 9.28. The summed E-state index contributed by atoms with van der Waals surface area (Å²) in [6.07, 6.45) is 0.415. The summed E-state index contributed by atoms with van der Waals surface area (Å²) in [4.78, 5) is 24.4. The van der Waals surface area contributed by atoms with E-state index in [9.17, 15) is 19.8 Å². The fourth-order valence-electron chi connectivity index (χ4n) is 3.86. The van der Waals surface area contributed by atoms with Gasteiger partial charge in [0.05, 0.1) is 6.61 Å². The Morgan fingerprint density at radius 2 is 1.54 bits per heavy atom. The van der Waals surface area contributed by atoms with E-state index in [0.717, 1.165) is 0 Å². The van der Waals surface area contributed by atoms with Crippen molar-refractivity contribution in [3.8, 4) is 0 Å². The van der Waals surface area contributed by atoms with Crippen LogP contribution in [0, 0.1) is 0 Å². The van der Waals surface area contributed by atoms with Crippen LogP contribution >= 0.6 is 0 Å². The van der Waals surface area contributed by atoms with Crippen molar-refractivity contribution < 1.29 is 28.7 Å². The summed E-state index contributed by atoms with van der Waals surface area (Å²) < 4.78 is 11.5. The van der Waals surface area contributed by atoms with Crippen molar-refractivity contribution >= 4 is 36.6 Å². The number of carbonyl (C=O) groups excluding carboxylic acids is 2. The largest absolute Gasteiger partial charge is 0.455 e. The molecule has 2 N–H and O–H groups in total. The van der Waals surface area contributed by atoms with Crippen LogP contribution in [0.3, 0.4) is 0 Å². The molecule has 0 saturated heterocycles. The number of hydrogen-bond acceptors (Lipinski definition) is 6. The number of hydrogen-bond donors (Lipinski definition) is 2. The van der Waals surface area contributed by atoms with Crippen LogP contribution in [0.2, 0.25) is 56.5 Å². The van der Waals surface area contributed by atoms with Gasteiger partial charge in [0.15, 0.2) is 22.2 Å². The normalized spacial score (nSPS) is 17.4. The van der Waals surface area contributed by atoms with Gasteiger partial charge in [0.1, 0.15) is 0 Å². The molecule has 0 rings (SSSR count). The van der Waals surface area contributed by atoms with Crippen LogP contribution in [0.1, 0.15) is 27.2 Å². The number of rotatable bonds is 10. The summed E-state index contributed by atoms with van der Waals surface area (Å²) in [5, 5.41) is 21.5. The summed E-state index contributed by atoms with van der Waals surface area (Å²) >= 11 is 0. The smallest absolute Gasteiger partial charge is 0.348 e. The van der Waals surface area contributed by atoms with Crippen molar-refractivity contribution in [3.63, 3.8) is 0 Å². The molecule has 0 bridgehead atoms. The zero-order chi connectivity index (χ0) is 22.7. The molecule has 0 aliphatic rings. The van der Waals surface area contributed by atoms with Crippen LogP contribution in [0.25, 0.3) is 0 Å². The van der Waals surface area contributed by atoms with E-state index in [2.05, 4.69) is 46.2 Å². The maximum absolute atomic E-state index is 12.6. The van der Waals surface area contributed by atoms with Crippen LogP contribution in [0.15, 0.2) is 12.2 Å². The molecule has 0 radical (unpaired) electrons. The summed E-state index contributed by atoms with van der Waals surface area (Å²) in [7, 11) is -6.25. The fourth-order valence-corrected chi connectivity index (χ4v) is 21.8. The number of aliphatic hydroxyl groups is 2. The van der Waals surface area contributed by atoms with Gasteiger partial charge in [-0.2, -0.15) is 0 Å². The Balaban J connectivity index is 5.88. The van der Waals surface area contributed by atoms with Crippen molar-refractivity contribution in [1.82, 2.24) is 0 Å². The van der Waals surface area contributed by atoms with Gasteiger partial charge < -0.3 is 19.1 Å².